The minimum atomic E-state index is 0.903. The smallest absolute Gasteiger partial charge is 0.135 e. The first-order chi connectivity index (χ1) is 22.8. The molecule has 0 unspecified atom stereocenters. The minimum absolute atomic E-state index is 0.903. The van der Waals surface area contributed by atoms with E-state index in [1.54, 1.807) is 0 Å². The average molecular weight is 586 g/mol. The van der Waals surface area contributed by atoms with Crippen molar-refractivity contribution in [3.05, 3.63) is 164 Å². The Morgan fingerprint density at radius 1 is 0.370 bits per heavy atom. The largest absolute Gasteiger partial charge is 0.456 e. The SMILES string of the molecule is c1ccc(-n2c3cc4ccccc4cc3c3c(-c4ccc(-c5ccc6c(c5)-c5cccc7cccc(c57)O6)cc4)cccc32)cc1. The lowest BCUT2D eigenvalue weighted by atomic mass is 9.91. The molecule has 0 spiro atoms. The minimum Gasteiger partial charge on any atom is -0.456 e. The lowest BCUT2D eigenvalue weighted by molar-refractivity contribution is 0.487. The van der Waals surface area contributed by atoms with E-state index in [1.165, 1.54) is 76.9 Å². The third-order valence-corrected chi connectivity index (χ3v) is 9.56. The molecule has 0 aliphatic carbocycles. The molecule has 0 radical (unpaired) electrons. The molecule has 10 rings (SSSR count). The standard InChI is InChI=1S/C44H27NO/c1-2-13-34(14-3-1)45-39-17-8-15-35(44(39)38-26-31-9-4-5-10-32(31)27-40(38)45)29-21-19-28(20-22-29)33-23-24-41-37(25-33)36-16-6-11-30-12-7-18-42(46-41)43(30)36/h1-27H. The molecule has 0 bridgehead atoms. The van der Waals surface area contributed by atoms with E-state index >= 15 is 0 Å². The predicted molar refractivity (Wildman–Crippen MR) is 192 cm³/mol. The predicted octanol–water partition coefficient (Wildman–Crippen LogP) is 12.2. The van der Waals surface area contributed by atoms with Crippen LogP contribution in [-0.2, 0) is 0 Å². The molecule has 2 heterocycles. The number of nitrogens with zero attached hydrogens (tertiary/aromatic N) is 1. The maximum absolute atomic E-state index is 6.35. The highest BCUT2D eigenvalue weighted by atomic mass is 16.5. The van der Waals surface area contributed by atoms with Crippen molar-refractivity contribution in [2.24, 2.45) is 0 Å². The van der Waals surface area contributed by atoms with Gasteiger partial charge < -0.3 is 9.30 Å². The van der Waals surface area contributed by atoms with Crippen molar-refractivity contribution >= 4 is 43.4 Å². The number of hydrogen-bond acceptors (Lipinski definition) is 1. The van der Waals surface area contributed by atoms with Crippen LogP contribution in [0.15, 0.2) is 164 Å². The van der Waals surface area contributed by atoms with Gasteiger partial charge in [-0.2, -0.15) is 0 Å². The second-order valence-electron chi connectivity index (χ2n) is 12.1. The number of para-hydroxylation sites is 1. The van der Waals surface area contributed by atoms with Crippen LogP contribution in [0, 0.1) is 0 Å². The molecule has 0 amide bonds. The normalized spacial score (nSPS) is 12.1. The quantitative estimate of drug-likeness (QED) is 0.201. The summed E-state index contributed by atoms with van der Waals surface area (Å²) in [5.41, 5.74) is 10.8. The van der Waals surface area contributed by atoms with Gasteiger partial charge in [0, 0.05) is 27.4 Å². The Bertz CT molecular complexity index is 2640. The number of ether oxygens (including phenoxy) is 1. The molecular weight excluding hydrogens is 558 g/mol. The van der Waals surface area contributed by atoms with Gasteiger partial charge in [0.25, 0.3) is 0 Å². The molecule has 0 N–H and O–H groups in total. The van der Waals surface area contributed by atoms with Crippen LogP contribution in [0.2, 0.25) is 0 Å². The van der Waals surface area contributed by atoms with Crippen molar-refractivity contribution in [3.8, 4) is 50.6 Å². The summed E-state index contributed by atoms with van der Waals surface area (Å²) in [6.45, 7) is 0. The number of fused-ring (bicyclic) bond motifs is 6. The fourth-order valence-electron chi connectivity index (χ4n) is 7.43. The lowest BCUT2D eigenvalue weighted by Gasteiger charge is -2.22. The molecule has 0 fully saturated rings. The Kier molecular flexibility index (Phi) is 5.31. The van der Waals surface area contributed by atoms with E-state index in [4.69, 9.17) is 4.74 Å². The van der Waals surface area contributed by atoms with Gasteiger partial charge in [0.2, 0.25) is 0 Å². The fourth-order valence-corrected chi connectivity index (χ4v) is 7.43. The molecule has 0 saturated heterocycles. The monoisotopic (exact) mass is 585 g/mol. The van der Waals surface area contributed by atoms with Crippen LogP contribution in [0.1, 0.15) is 0 Å². The van der Waals surface area contributed by atoms with Gasteiger partial charge in [-0.05, 0) is 92.5 Å². The van der Waals surface area contributed by atoms with Crippen LogP contribution < -0.4 is 4.74 Å². The van der Waals surface area contributed by atoms with Crippen molar-refractivity contribution in [2.75, 3.05) is 0 Å². The molecule has 9 aromatic rings. The molecule has 46 heavy (non-hydrogen) atoms. The van der Waals surface area contributed by atoms with Crippen LogP contribution in [-0.4, -0.2) is 4.57 Å². The van der Waals surface area contributed by atoms with Crippen molar-refractivity contribution in [2.45, 2.75) is 0 Å². The van der Waals surface area contributed by atoms with E-state index in [2.05, 4.69) is 168 Å². The Balaban J connectivity index is 1.12. The van der Waals surface area contributed by atoms with E-state index in [0.717, 1.165) is 17.1 Å². The first-order valence-electron chi connectivity index (χ1n) is 15.8. The third kappa shape index (κ3) is 3.71. The van der Waals surface area contributed by atoms with Crippen molar-refractivity contribution in [1.29, 1.82) is 0 Å². The first-order valence-corrected chi connectivity index (χ1v) is 15.8. The van der Waals surface area contributed by atoms with Gasteiger partial charge in [0.15, 0.2) is 0 Å². The van der Waals surface area contributed by atoms with E-state index in [-0.39, 0.29) is 0 Å². The molecule has 1 aromatic heterocycles. The van der Waals surface area contributed by atoms with Gasteiger partial charge in [-0.25, -0.2) is 0 Å². The molecule has 2 heteroatoms. The molecular formula is C44H27NO. The lowest BCUT2D eigenvalue weighted by Crippen LogP contribution is -1.97. The fraction of sp³-hybridized carbons (Fsp3) is 0. The Labute approximate surface area is 266 Å². The van der Waals surface area contributed by atoms with Crippen molar-refractivity contribution < 1.29 is 4.74 Å². The number of aromatic nitrogens is 1. The highest BCUT2D eigenvalue weighted by Gasteiger charge is 2.21. The second-order valence-corrected chi connectivity index (χ2v) is 12.1. The molecule has 1 aliphatic rings. The van der Waals surface area contributed by atoms with Gasteiger partial charge in [0.05, 0.1) is 11.0 Å². The molecule has 8 aromatic carbocycles. The molecule has 0 saturated carbocycles. The summed E-state index contributed by atoms with van der Waals surface area (Å²) >= 11 is 0. The maximum atomic E-state index is 6.35. The van der Waals surface area contributed by atoms with Crippen LogP contribution >= 0.6 is 0 Å². The third-order valence-electron chi connectivity index (χ3n) is 9.56. The van der Waals surface area contributed by atoms with Crippen LogP contribution in [0.3, 0.4) is 0 Å². The summed E-state index contributed by atoms with van der Waals surface area (Å²) in [6.07, 6.45) is 0. The van der Waals surface area contributed by atoms with Crippen LogP contribution in [0.4, 0.5) is 0 Å². The zero-order valence-corrected chi connectivity index (χ0v) is 24.9. The number of benzene rings is 8. The topological polar surface area (TPSA) is 14.2 Å². The second kappa shape index (κ2) is 9.69. The summed E-state index contributed by atoms with van der Waals surface area (Å²) in [4.78, 5) is 0. The number of rotatable bonds is 3. The Hall–Kier alpha value is -6.12. The summed E-state index contributed by atoms with van der Waals surface area (Å²) in [6, 6.07) is 59.1. The maximum Gasteiger partial charge on any atom is 0.135 e. The van der Waals surface area contributed by atoms with Crippen molar-refractivity contribution in [1.82, 2.24) is 4.57 Å². The molecule has 1 aliphatic heterocycles. The Morgan fingerprint density at radius 2 is 1.04 bits per heavy atom. The zero-order valence-electron chi connectivity index (χ0n) is 24.9. The van der Waals surface area contributed by atoms with Crippen LogP contribution in [0.5, 0.6) is 11.5 Å². The van der Waals surface area contributed by atoms with Gasteiger partial charge in [-0.3, -0.25) is 0 Å². The van der Waals surface area contributed by atoms with Gasteiger partial charge in [-0.15, -0.1) is 0 Å². The van der Waals surface area contributed by atoms with E-state index < -0.39 is 0 Å². The average Bonchev–Trinajstić information content (AvgIpc) is 3.44. The van der Waals surface area contributed by atoms with E-state index in [0.29, 0.717) is 0 Å². The van der Waals surface area contributed by atoms with E-state index in [1.807, 2.05) is 0 Å². The van der Waals surface area contributed by atoms with Crippen LogP contribution in [0.25, 0.3) is 82.4 Å². The van der Waals surface area contributed by atoms with Gasteiger partial charge in [0.1, 0.15) is 11.5 Å². The van der Waals surface area contributed by atoms with Gasteiger partial charge in [-0.1, -0.05) is 115 Å². The molecule has 0 atom stereocenters. The summed E-state index contributed by atoms with van der Waals surface area (Å²) in [5, 5.41) is 7.42. The number of hydrogen-bond donors (Lipinski definition) is 0. The molecule has 214 valence electrons. The summed E-state index contributed by atoms with van der Waals surface area (Å²) in [5.74, 6) is 1.83. The summed E-state index contributed by atoms with van der Waals surface area (Å²) in [7, 11) is 0. The first kappa shape index (κ1) is 25.2. The Morgan fingerprint density at radius 3 is 1.89 bits per heavy atom. The molecule has 2 nitrogen and oxygen atoms in total. The van der Waals surface area contributed by atoms with Gasteiger partial charge >= 0.3 is 0 Å². The summed E-state index contributed by atoms with van der Waals surface area (Å²) < 4.78 is 8.76. The highest BCUT2D eigenvalue weighted by molar-refractivity contribution is 6.18. The van der Waals surface area contributed by atoms with Crippen molar-refractivity contribution in [3.63, 3.8) is 0 Å². The highest BCUT2D eigenvalue weighted by Crippen LogP contribution is 2.47. The zero-order chi connectivity index (χ0) is 30.2. The van der Waals surface area contributed by atoms with E-state index in [9.17, 15) is 0 Å².